The summed E-state index contributed by atoms with van der Waals surface area (Å²) in [5, 5.41) is 0. The molecule has 0 saturated carbocycles. The second-order valence-electron chi connectivity index (χ2n) is 4.25. The molecule has 1 saturated heterocycles. The fraction of sp³-hybridized carbons (Fsp3) is 0.444. The number of hydrogen-bond donors (Lipinski definition) is 2. The van der Waals surface area contributed by atoms with Crippen LogP contribution in [0.25, 0.3) is 0 Å². The summed E-state index contributed by atoms with van der Waals surface area (Å²) in [4.78, 5) is 13.7. The van der Waals surface area contributed by atoms with Crippen molar-refractivity contribution < 1.29 is 21.6 Å². The Bertz CT molecular complexity index is 725. The minimum atomic E-state index is -3.84. The molecule has 1 aromatic heterocycles. The molecule has 11 heteroatoms. The first-order valence-electron chi connectivity index (χ1n) is 5.47. The molecule has 0 bridgehead atoms. The van der Waals surface area contributed by atoms with Crippen molar-refractivity contribution in [3.05, 3.63) is 15.9 Å². The summed E-state index contributed by atoms with van der Waals surface area (Å²) in [7, 11) is -7.02. The summed E-state index contributed by atoms with van der Waals surface area (Å²) in [6, 6.07) is 2.97. The maximum atomic E-state index is 11.8. The lowest BCUT2D eigenvalue weighted by Crippen LogP contribution is -2.44. The molecule has 1 aliphatic heterocycles. The molecule has 1 aromatic rings. The normalized spacial score (nSPS) is 21.8. The van der Waals surface area contributed by atoms with Crippen LogP contribution >= 0.6 is 27.3 Å². The molecule has 0 radical (unpaired) electrons. The molecule has 2 rings (SSSR count). The highest BCUT2D eigenvalue weighted by atomic mass is 79.9. The van der Waals surface area contributed by atoms with E-state index in [1.54, 1.807) is 6.07 Å². The molecule has 1 amide bonds. The van der Waals surface area contributed by atoms with Crippen LogP contribution in [0, 0.1) is 5.92 Å². The summed E-state index contributed by atoms with van der Waals surface area (Å²) >= 11 is 4.14. The zero-order chi connectivity index (χ0) is 15.0. The fourth-order valence-corrected chi connectivity index (χ4v) is 6.31. The molecule has 1 aliphatic rings. The van der Waals surface area contributed by atoms with Crippen molar-refractivity contribution in [3.63, 3.8) is 0 Å². The Balaban J connectivity index is 1.97. The monoisotopic (exact) mass is 402 g/mol. The van der Waals surface area contributed by atoms with Crippen molar-refractivity contribution in [1.29, 1.82) is 0 Å². The number of amides is 1. The van der Waals surface area contributed by atoms with Gasteiger partial charge < -0.3 is 0 Å². The largest absolute Gasteiger partial charge is 0.277 e. The Labute approximate surface area is 128 Å². The average molecular weight is 403 g/mol. The lowest BCUT2D eigenvalue weighted by molar-refractivity contribution is -0.124. The molecule has 112 valence electrons. The molecular weight excluding hydrogens is 392 g/mol. The van der Waals surface area contributed by atoms with Crippen molar-refractivity contribution in [1.82, 2.24) is 10.3 Å². The Hall–Kier alpha value is -0.490. The third kappa shape index (κ3) is 3.79. The predicted molar refractivity (Wildman–Crippen MR) is 77.2 cm³/mol. The van der Waals surface area contributed by atoms with Crippen LogP contribution in [0.4, 0.5) is 0 Å². The van der Waals surface area contributed by atoms with E-state index in [1.807, 2.05) is 4.83 Å². The van der Waals surface area contributed by atoms with Crippen LogP contribution in [0.1, 0.15) is 6.42 Å². The van der Waals surface area contributed by atoms with Gasteiger partial charge in [-0.2, -0.15) is 0 Å². The second kappa shape index (κ2) is 5.72. The molecule has 1 fully saturated rings. The van der Waals surface area contributed by atoms with Gasteiger partial charge in [0.2, 0.25) is 5.91 Å². The average Bonchev–Trinajstić information content (AvgIpc) is 2.92. The summed E-state index contributed by atoms with van der Waals surface area (Å²) in [5.74, 6) is -1.64. The number of rotatable bonds is 4. The summed E-state index contributed by atoms with van der Waals surface area (Å²) < 4.78 is 46.9. The molecule has 20 heavy (non-hydrogen) atoms. The number of sulfone groups is 1. The number of sulfonamides is 1. The number of thiophene rings is 1. The molecule has 2 N–H and O–H groups in total. The van der Waals surface area contributed by atoms with Crippen LogP contribution in [0.2, 0.25) is 0 Å². The van der Waals surface area contributed by atoms with E-state index < -0.39 is 31.7 Å². The van der Waals surface area contributed by atoms with Gasteiger partial charge in [0.1, 0.15) is 4.21 Å². The second-order valence-corrected chi connectivity index (χ2v) is 10.9. The van der Waals surface area contributed by atoms with Gasteiger partial charge in [0.25, 0.3) is 10.0 Å². The van der Waals surface area contributed by atoms with Crippen molar-refractivity contribution in [2.75, 3.05) is 11.5 Å². The lowest BCUT2D eigenvalue weighted by Gasteiger charge is -2.10. The highest BCUT2D eigenvalue weighted by Crippen LogP contribution is 2.25. The smallest absolute Gasteiger partial charge is 0.266 e. The van der Waals surface area contributed by atoms with E-state index in [0.29, 0.717) is 3.79 Å². The number of nitrogens with one attached hydrogen (secondary N) is 2. The molecule has 0 aliphatic carbocycles. The maximum Gasteiger partial charge on any atom is 0.266 e. The molecule has 0 aromatic carbocycles. The molecular formula is C9H11BrN2O5S3. The first kappa shape index (κ1) is 15.9. The third-order valence-corrected chi connectivity index (χ3v) is 7.86. The zero-order valence-electron chi connectivity index (χ0n) is 10.00. The van der Waals surface area contributed by atoms with Crippen LogP contribution in [-0.4, -0.2) is 34.2 Å². The van der Waals surface area contributed by atoms with Crippen molar-refractivity contribution in [2.24, 2.45) is 5.92 Å². The third-order valence-electron chi connectivity index (χ3n) is 2.73. The molecule has 2 heterocycles. The number of hydrogen-bond acceptors (Lipinski definition) is 6. The highest BCUT2D eigenvalue weighted by molar-refractivity contribution is 9.11. The Kier molecular flexibility index (Phi) is 4.54. The Morgan fingerprint density at radius 2 is 2.10 bits per heavy atom. The van der Waals surface area contributed by atoms with Gasteiger partial charge in [-0.25, -0.2) is 16.8 Å². The molecule has 1 atom stereocenters. The number of halogens is 1. The number of hydrazine groups is 1. The van der Waals surface area contributed by atoms with Crippen molar-refractivity contribution >= 4 is 53.0 Å². The molecule has 0 unspecified atom stereocenters. The minimum Gasteiger partial charge on any atom is -0.277 e. The quantitative estimate of drug-likeness (QED) is 0.701. The fourth-order valence-electron chi connectivity index (χ4n) is 1.71. The SMILES string of the molecule is O=C(NNS(=O)(=O)c1ccc(Br)s1)[C@@H]1CCS(=O)(=O)C1. The van der Waals surface area contributed by atoms with E-state index >= 15 is 0 Å². The molecule has 0 spiro atoms. The lowest BCUT2D eigenvalue weighted by atomic mass is 10.1. The van der Waals surface area contributed by atoms with Crippen LogP contribution in [-0.2, 0) is 24.7 Å². The first-order valence-corrected chi connectivity index (χ1v) is 10.4. The van der Waals surface area contributed by atoms with Crippen LogP contribution < -0.4 is 10.3 Å². The van der Waals surface area contributed by atoms with Gasteiger partial charge in [-0.15, -0.1) is 16.2 Å². The van der Waals surface area contributed by atoms with E-state index in [9.17, 15) is 21.6 Å². The number of carbonyl (C=O) groups is 1. The van der Waals surface area contributed by atoms with Gasteiger partial charge in [-0.1, -0.05) is 0 Å². The van der Waals surface area contributed by atoms with Gasteiger partial charge in [-0.05, 0) is 34.5 Å². The van der Waals surface area contributed by atoms with Gasteiger partial charge >= 0.3 is 0 Å². The van der Waals surface area contributed by atoms with Crippen LogP contribution in [0.5, 0.6) is 0 Å². The van der Waals surface area contributed by atoms with E-state index in [0.717, 1.165) is 11.3 Å². The topological polar surface area (TPSA) is 109 Å². The molecule has 7 nitrogen and oxygen atoms in total. The van der Waals surface area contributed by atoms with Crippen molar-refractivity contribution in [3.8, 4) is 0 Å². The van der Waals surface area contributed by atoms with Crippen molar-refractivity contribution in [2.45, 2.75) is 10.6 Å². The number of carbonyl (C=O) groups excluding carboxylic acids is 1. The van der Waals surface area contributed by atoms with E-state index in [2.05, 4.69) is 21.4 Å². The predicted octanol–water partition coefficient (Wildman–Crippen LogP) is 0.255. The minimum absolute atomic E-state index is 0.0451. The van der Waals surface area contributed by atoms with Crippen LogP contribution in [0.3, 0.4) is 0 Å². The maximum absolute atomic E-state index is 11.8. The Morgan fingerprint density at radius 3 is 2.60 bits per heavy atom. The summed E-state index contributed by atoms with van der Waals surface area (Å²) in [6.45, 7) is 0. The van der Waals surface area contributed by atoms with Gasteiger partial charge in [-0.3, -0.25) is 10.2 Å². The van der Waals surface area contributed by atoms with Gasteiger partial charge in [0.15, 0.2) is 9.84 Å². The highest BCUT2D eigenvalue weighted by Gasteiger charge is 2.33. The summed E-state index contributed by atoms with van der Waals surface area (Å²) in [5.41, 5.74) is 2.06. The summed E-state index contributed by atoms with van der Waals surface area (Å²) in [6.07, 6.45) is 0.209. The standard InChI is InChI=1S/C9H11BrN2O5S3/c10-7-1-2-8(18-7)20(16,17)12-11-9(13)6-3-4-19(14,15)5-6/h1-2,6,12H,3-5H2,(H,11,13)/t6-/m1/s1. The first-order chi connectivity index (χ1) is 9.20. The van der Waals surface area contributed by atoms with E-state index in [-0.39, 0.29) is 22.1 Å². The van der Waals surface area contributed by atoms with Crippen LogP contribution in [0.15, 0.2) is 20.1 Å². The van der Waals surface area contributed by atoms with E-state index in [1.165, 1.54) is 6.07 Å². The van der Waals surface area contributed by atoms with E-state index in [4.69, 9.17) is 0 Å². The zero-order valence-corrected chi connectivity index (χ0v) is 14.0. The van der Waals surface area contributed by atoms with Gasteiger partial charge in [0, 0.05) is 0 Å². The van der Waals surface area contributed by atoms with Gasteiger partial charge in [0.05, 0.1) is 21.2 Å². The Morgan fingerprint density at radius 1 is 1.40 bits per heavy atom.